The molecule has 0 atom stereocenters. The molecule has 1 aliphatic heterocycles. The molecule has 0 spiro atoms. The van der Waals surface area contributed by atoms with Crippen molar-refractivity contribution in [1.29, 1.82) is 0 Å². The monoisotopic (exact) mass is 683 g/mol. The van der Waals surface area contributed by atoms with Crippen LogP contribution in [0.5, 0.6) is 0 Å². The van der Waals surface area contributed by atoms with Gasteiger partial charge in [-0.3, -0.25) is 19.4 Å². The fraction of sp³-hybridized carbons (Fsp3) is 0.182. The Morgan fingerprint density at radius 1 is 0.878 bits per heavy atom. The maximum atomic E-state index is 13.6. The Kier molecular flexibility index (Phi) is 9.08. The van der Waals surface area contributed by atoms with E-state index >= 15 is 0 Å². The Morgan fingerprint density at radius 3 is 2.14 bits per heavy atom. The maximum absolute atomic E-state index is 13.6. The van der Waals surface area contributed by atoms with Crippen LogP contribution in [0.15, 0.2) is 73.4 Å². The van der Waals surface area contributed by atoms with E-state index in [9.17, 15) is 40.7 Å². The fourth-order valence-electron chi connectivity index (χ4n) is 4.97. The lowest BCUT2D eigenvalue weighted by Gasteiger charge is -2.35. The highest BCUT2D eigenvalue weighted by molar-refractivity contribution is 6.07. The van der Waals surface area contributed by atoms with Crippen molar-refractivity contribution < 1.29 is 40.7 Å². The minimum absolute atomic E-state index is 0.00185. The van der Waals surface area contributed by atoms with Gasteiger partial charge in [0.05, 0.1) is 23.4 Å². The number of hydrogen-bond donors (Lipinski definition) is 3. The van der Waals surface area contributed by atoms with Gasteiger partial charge in [-0.15, -0.1) is 0 Å². The lowest BCUT2D eigenvalue weighted by Crippen LogP contribution is -2.46. The van der Waals surface area contributed by atoms with Gasteiger partial charge in [-0.1, -0.05) is 18.7 Å². The lowest BCUT2D eigenvalue weighted by atomic mass is 10.0. The molecule has 3 N–H and O–H groups in total. The summed E-state index contributed by atoms with van der Waals surface area (Å²) in [4.78, 5) is 49.8. The second kappa shape index (κ2) is 12.9. The molecular weight excluding hydrogens is 656 g/mol. The molecule has 4 amide bonds. The zero-order valence-corrected chi connectivity index (χ0v) is 26.0. The van der Waals surface area contributed by atoms with Crippen LogP contribution in [0.4, 0.5) is 65.7 Å². The third kappa shape index (κ3) is 7.47. The van der Waals surface area contributed by atoms with Gasteiger partial charge in [0.25, 0.3) is 5.91 Å². The summed E-state index contributed by atoms with van der Waals surface area (Å²) < 4.78 is 80.0. The summed E-state index contributed by atoms with van der Waals surface area (Å²) in [5, 5.41) is 8.09. The van der Waals surface area contributed by atoms with E-state index in [0.717, 1.165) is 11.6 Å². The number of amides is 4. The molecule has 5 rings (SSSR count). The number of hydrogen-bond acceptors (Lipinski definition) is 6. The highest BCUT2D eigenvalue weighted by Gasteiger charge is 2.38. The number of aromatic nitrogens is 2. The molecule has 0 saturated heterocycles. The number of carbonyl (C=O) groups excluding carboxylic acids is 3. The van der Waals surface area contributed by atoms with Crippen molar-refractivity contribution in [2.24, 2.45) is 0 Å². The van der Waals surface area contributed by atoms with Crippen molar-refractivity contribution in [3.05, 3.63) is 107 Å². The van der Waals surface area contributed by atoms with Gasteiger partial charge in [-0.25, -0.2) is 9.78 Å². The highest BCUT2D eigenvalue weighted by Crippen LogP contribution is 2.37. The molecule has 2 heterocycles. The number of rotatable bonds is 7. The lowest BCUT2D eigenvalue weighted by molar-refractivity contribution is -0.143. The van der Waals surface area contributed by atoms with Gasteiger partial charge in [0.15, 0.2) is 0 Å². The zero-order valence-electron chi connectivity index (χ0n) is 26.0. The molecule has 0 fully saturated rings. The van der Waals surface area contributed by atoms with E-state index in [1.165, 1.54) is 41.2 Å². The molecule has 0 aliphatic carbocycles. The van der Waals surface area contributed by atoms with Gasteiger partial charge in [-0.05, 0) is 73.5 Å². The van der Waals surface area contributed by atoms with Crippen LogP contribution in [0, 0.1) is 13.8 Å². The van der Waals surface area contributed by atoms with E-state index in [0.29, 0.717) is 46.1 Å². The molecule has 0 unspecified atom stereocenters. The van der Waals surface area contributed by atoms with Crippen LogP contribution in [-0.2, 0) is 23.7 Å². The smallest absolute Gasteiger partial charge is 0.324 e. The molecule has 16 heteroatoms. The van der Waals surface area contributed by atoms with Gasteiger partial charge < -0.3 is 16.0 Å². The average Bonchev–Trinajstić information content (AvgIpc) is 3.04. The highest BCUT2D eigenvalue weighted by atomic mass is 19.4. The Balaban J connectivity index is 1.38. The molecule has 3 aromatic carbocycles. The Labute approximate surface area is 275 Å². The minimum Gasteiger partial charge on any atom is -0.324 e. The first kappa shape index (κ1) is 34.4. The topological polar surface area (TPSA) is 120 Å². The van der Waals surface area contributed by atoms with E-state index in [1.54, 1.807) is 25.1 Å². The van der Waals surface area contributed by atoms with E-state index in [-0.39, 0.29) is 30.2 Å². The molecule has 49 heavy (non-hydrogen) atoms. The second-order valence-corrected chi connectivity index (χ2v) is 11.1. The number of aryl methyl sites for hydroxylation is 2. The van der Waals surface area contributed by atoms with Crippen molar-refractivity contribution >= 4 is 52.4 Å². The van der Waals surface area contributed by atoms with E-state index < -0.39 is 41.0 Å². The normalized spacial score (nSPS) is 13.1. The third-order valence-corrected chi connectivity index (χ3v) is 7.55. The largest absolute Gasteiger partial charge is 0.416 e. The summed E-state index contributed by atoms with van der Waals surface area (Å²) in [6.07, 6.45) is -7.59. The van der Waals surface area contributed by atoms with Crippen LogP contribution in [0.1, 0.15) is 38.2 Å². The Bertz CT molecular complexity index is 1960. The first-order chi connectivity index (χ1) is 22.9. The quantitative estimate of drug-likeness (QED) is 0.135. The molecule has 10 nitrogen and oxygen atoms in total. The number of alkyl halides is 6. The number of anilines is 6. The summed E-state index contributed by atoms with van der Waals surface area (Å²) in [5.74, 6) is -1.12. The number of benzene rings is 3. The molecule has 0 radical (unpaired) electrons. The molecule has 0 saturated carbocycles. The van der Waals surface area contributed by atoms with Crippen molar-refractivity contribution in [3.8, 4) is 0 Å². The first-order valence-corrected chi connectivity index (χ1v) is 14.4. The summed E-state index contributed by atoms with van der Waals surface area (Å²) >= 11 is 0. The summed E-state index contributed by atoms with van der Waals surface area (Å²) in [6.45, 7) is 6.95. The second-order valence-electron chi connectivity index (χ2n) is 11.1. The predicted octanol–water partition coefficient (Wildman–Crippen LogP) is 7.83. The van der Waals surface area contributed by atoms with Gasteiger partial charge >= 0.3 is 18.4 Å². The minimum atomic E-state index is -5.13. The van der Waals surface area contributed by atoms with Crippen LogP contribution >= 0.6 is 0 Å². The van der Waals surface area contributed by atoms with E-state index in [1.807, 2.05) is 6.92 Å². The van der Waals surface area contributed by atoms with Crippen LogP contribution in [-0.4, -0.2) is 34.9 Å². The van der Waals surface area contributed by atoms with Crippen LogP contribution in [0.3, 0.4) is 0 Å². The van der Waals surface area contributed by atoms with Crippen molar-refractivity contribution in [2.75, 3.05) is 32.8 Å². The molecular formula is C33H27F6N7O3. The summed E-state index contributed by atoms with van der Waals surface area (Å²) in [7, 11) is 1.49. The van der Waals surface area contributed by atoms with Gasteiger partial charge in [0, 0.05) is 41.4 Å². The van der Waals surface area contributed by atoms with E-state index in [4.69, 9.17) is 0 Å². The van der Waals surface area contributed by atoms with Crippen LogP contribution in [0.25, 0.3) is 0 Å². The number of nitrogens with one attached hydrogen (secondary N) is 3. The maximum Gasteiger partial charge on any atom is 0.416 e. The standard InChI is InChI=1S/C33H27F6N7O3/c1-5-27(47)43-25-13-23(8-6-17(25)2)42-30-40-15-20-16-46(31(49)45(4)28(20)44-30)26-14-24(9-7-18(26)3)41-29(48)19-10-21(32(34,35)36)12-22(11-19)33(37,38)39/h5-15H,1,16H2,2-4H3,(H,41,48)(H,43,47)(H,40,42,44). The zero-order chi connectivity index (χ0) is 35.8. The van der Waals surface area contributed by atoms with Crippen LogP contribution < -0.4 is 25.8 Å². The van der Waals surface area contributed by atoms with Gasteiger partial charge in [0.1, 0.15) is 5.82 Å². The number of carbonyl (C=O) groups is 3. The predicted molar refractivity (Wildman–Crippen MR) is 171 cm³/mol. The SMILES string of the molecule is C=CC(=O)Nc1cc(Nc2ncc3c(n2)N(C)C(=O)N(c2cc(NC(=O)c4cc(C(F)(F)F)cc(C(F)(F)F)c4)ccc2C)C3)ccc1C. The molecule has 1 aliphatic rings. The van der Waals surface area contributed by atoms with Crippen molar-refractivity contribution in [2.45, 2.75) is 32.7 Å². The third-order valence-electron chi connectivity index (χ3n) is 7.55. The van der Waals surface area contributed by atoms with Crippen molar-refractivity contribution in [3.63, 3.8) is 0 Å². The number of nitrogens with zero attached hydrogens (tertiary/aromatic N) is 4. The number of fused-ring (bicyclic) bond motifs is 1. The Hall–Kier alpha value is -5.93. The fourth-order valence-corrected chi connectivity index (χ4v) is 4.97. The number of urea groups is 1. The summed E-state index contributed by atoms with van der Waals surface area (Å²) in [6, 6.07) is 9.65. The van der Waals surface area contributed by atoms with Crippen molar-refractivity contribution in [1.82, 2.24) is 9.97 Å². The average molecular weight is 684 g/mol. The summed E-state index contributed by atoms with van der Waals surface area (Å²) in [5.41, 5.74) is -0.715. The molecule has 1 aromatic heterocycles. The Morgan fingerprint density at radius 2 is 1.51 bits per heavy atom. The molecule has 0 bridgehead atoms. The number of halogens is 6. The first-order valence-electron chi connectivity index (χ1n) is 14.4. The van der Waals surface area contributed by atoms with Gasteiger partial charge in [0.2, 0.25) is 11.9 Å². The van der Waals surface area contributed by atoms with Gasteiger partial charge in [-0.2, -0.15) is 31.3 Å². The molecule has 254 valence electrons. The molecule has 4 aromatic rings. The van der Waals surface area contributed by atoms with E-state index in [2.05, 4.69) is 32.5 Å². The van der Waals surface area contributed by atoms with Crippen LogP contribution in [0.2, 0.25) is 0 Å².